The maximum absolute atomic E-state index is 12.5. The Kier molecular flexibility index (Phi) is 3.38. The third-order valence-electron chi connectivity index (χ3n) is 3.38. The van der Waals surface area contributed by atoms with Crippen molar-refractivity contribution in [3.8, 4) is 11.4 Å². The smallest absolute Gasteiger partial charge is 0.260 e. The summed E-state index contributed by atoms with van der Waals surface area (Å²) in [6.07, 6.45) is 0. The second kappa shape index (κ2) is 4.97. The van der Waals surface area contributed by atoms with Gasteiger partial charge in [-0.2, -0.15) is 0 Å². The quantitative estimate of drug-likeness (QED) is 0.712. The van der Waals surface area contributed by atoms with Gasteiger partial charge in [0.05, 0.1) is 10.4 Å². The highest BCUT2D eigenvalue weighted by Gasteiger charge is 2.22. The average molecular weight is 319 g/mol. The van der Waals surface area contributed by atoms with E-state index in [0.717, 1.165) is 16.0 Å². The number of fused-ring (bicyclic) bond motifs is 1. The number of hydrogen-bond donors (Lipinski definition) is 1. The number of hydrogen-bond acceptors (Lipinski definition) is 3. The van der Waals surface area contributed by atoms with E-state index in [2.05, 4.69) is 30.7 Å². The first-order valence-electron chi connectivity index (χ1n) is 6.65. The van der Waals surface area contributed by atoms with Crippen molar-refractivity contribution in [2.24, 2.45) is 0 Å². The number of rotatable bonds is 1. The summed E-state index contributed by atoms with van der Waals surface area (Å²) in [5.74, 6) is 0.514. The Bertz CT molecular complexity index is 874. The van der Waals surface area contributed by atoms with Crippen molar-refractivity contribution in [1.29, 1.82) is 0 Å². The van der Waals surface area contributed by atoms with E-state index in [1.54, 1.807) is 6.07 Å². The van der Waals surface area contributed by atoms with Gasteiger partial charge in [0.15, 0.2) is 0 Å². The fraction of sp³-hybridized carbons (Fsp3) is 0.250. The zero-order valence-corrected chi connectivity index (χ0v) is 13.6. The molecule has 0 aliphatic heterocycles. The zero-order valence-electron chi connectivity index (χ0n) is 12.0. The highest BCUT2D eigenvalue weighted by Crippen LogP contribution is 2.33. The molecular formula is C16H15ClN2OS. The summed E-state index contributed by atoms with van der Waals surface area (Å²) in [7, 11) is 0. The minimum atomic E-state index is -0.110. The molecule has 0 saturated heterocycles. The average Bonchev–Trinajstić information content (AvgIpc) is 2.83. The van der Waals surface area contributed by atoms with E-state index >= 15 is 0 Å². The lowest BCUT2D eigenvalue weighted by Crippen LogP contribution is -2.16. The lowest BCUT2D eigenvalue weighted by atomic mass is 9.87. The number of aromatic amines is 1. The predicted octanol–water partition coefficient (Wildman–Crippen LogP) is 4.60. The highest BCUT2D eigenvalue weighted by molar-refractivity contribution is 7.16. The Morgan fingerprint density at radius 2 is 1.95 bits per heavy atom. The van der Waals surface area contributed by atoms with Gasteiger partial charge in [-0.25, -0.2) is 4.98 Å². The molecule has 2 heterocycles. The number of thiophene rings is 1. The van der Waals surface area contributed by atoms with Gasteiger partial charge in [0.1, 0.15) is 10.7 Å². The molecule has 108 valence electrons. The Labute approximate surface area is 131 Å². The van der Waals surface area contributed by atoms with E-state index in [1.165, 1.54) is 11.3 Å². The van der Waals surface area contributed by atoms with Crippen LogP contribution in [-0.2, 0) is 5.41 Å². The molecule has 1 aromatic carbocycles. The van der Waals surface area contributed by atoms with Crippen molar-refractivity contribution < 1.29 is 0 Å². The van der Waals surface area contributed by atoms with Crippen LogP contribution in [0.25, 0.3) is 21.6 Å². The summed E-state index contributed by atoms with van der Waals surface area (Å²) in [5, 5.41) is 3.28. The molecule has 0 spiro atoms. The minimum Gasteiger partial charge on any atom is -0.306 e. The minimum absolute atomic E-state index is 0.0845. The van der Waals surface area contributed by atoms with E-state index in [1.807, 2.05) is 23.6 Å². The van der Waals surface area contributed by atoms with Crippen LogP contribution in [0.5, 0.6) is 0 Å². The fourth-order valence-corrected chi connectivity index (χ4v) is 3.67. The Balaban J connectivity index is 2.28. The zero-order chi connectivity index (χ0) is 15.2. The Morgan fingerprint density at radius 3 is 2.62 bits per heavy atom. The summed E-state index contributed by atoms with van der Waals surface area (Å²) in [4.78, 5) is 20.7. The molecule has 0 bridgehead atoms. The summed E-state index contributed by atoms with van der Waals surface area (Å²) < 4.78 is 0. The summed E-state index contributed by atoms with van der Waals surface area (Å²) >= 11 is 7.68. The van der Waals surface area contributed by atoms with E-state index in [9.17, 15) is 4.79 Å². The van der Waals surface area contributed by atoms with Gasteiger partial charge >= 0.3 is 0 Å². The van der Waals surface area contributed by atoms with Crippen molar-refractivity contribution in [2.45, 2.75) is 26.2 Å². The number of benzene rings is 1. The van der Waals surface area contributed by atoms with Crippen LogP contribution < -0.4 is 5.56 Å². The summed E-state index contributed by atoms with van der Waals surface area (Å²) in [5.41, 5.74) is 1.57. The molecular weight excluding hydrogens is 304 g/mol. The molecule has 0 unspecified atom stereocenters. The monoisotopic (exact) mass is 318 g/mol. The van der Waals surface area contributed by atoms with Crippen molar-refractivity contribution >= 4 is 33.2 Å². The highest BCUT2D eigenvalue weighted by atomic mass is 35.5. The number of aromatic nitrogens is 2. The molecule has 0 saturated carbocycles. The first-order valence-corrected chi connectivity index (χ1v) is 7.90. The topological polar surface area (TPSA) is 45.8 Å². The van der Waals surface area contributed by atoms with Crippen molar-refractivity contribution in [3.05, 3.63) is 50.6 Å². The third kappa shape index (κ3) is 2.49. The Morgan fingerprint density at radius 1 is 1.24 bits per heavy atom. The van der Waals surface area contributed by atoms with Gasteiger partial charge in [0.2, 0.25) is 0 Å². The van der Waals surface area contributed by atoms with E-state index in [4.69, 9.17) is 11.6 Å². The van der Waals surface area contributed by atoms with Crippen LogP contribution >= 0.6 is 22.9 Å². The van der Waals surface area contributed by atoms with Crippen LogP contribution in [0.2, 0.25) is 5.02 Å². The molecule has 0 amide bonds. The number of H-pyrrole nitrogens is 1. The van der Waals surface area contributed by atoms with Crippen LogP contribution in [-0.4, -0.2) is 9.97 Å². The van der Waals surface area contributed by atoms with Gasteiger partial charge in [-0.3, -0.25) is 4.79 Å². The summed E-state index contributed by atoms with van der Waals surface area (Å²) in [6.45, 7) is 6.28. The van der Waals surface area contributed by atoms with E-state index in [0.29, 0.717) is 16.2 Å². The molecule has 3 nitrogen and oxygen atoms in total. The molecule has 0 fully saturated rings. The number of nitrogens with one attached hydrogen (secondary N) is 1. The Hall–Kier alpha value is -1.65. The molecule has 2 aromatic heterocycles. The number of halogens is 1. The maximum Gasteiger partial charge on any atom is 0.260 e. The van der Waals surface area contributed by atoms with Crippen LogP contribution in [0.3, 0.4) is 0 Å². The van der Waals surface area contributed by atoms with Gasteiger partial charge in [0, 0.05) is 5.56 Å². The maximum atomic E-state index is 12.5. The normalized spacial score (nSPS) is 12.0. The molecule has 5 heteroatoms. The molecule has 0 atom stereocenters. The third-order valence-corrected chi connectivity index (χ3v) is 4.58. The van der Waals surface area contributed by atoms with E-state index < -0.39 is 0 Å². The van der Waals surface area contributed by atoms with E-state index in [-0.39, 0.29) is 11.0 Å². The van der Waals surface area contributed by atoms with Crippen molar-refractivity contribution in [1.82, 2.24) is 9.97 Å². The molecule has 0 aliphatic carbocycles. The first-order chi connectivity index (χ1) is 9.88. The van der Waals surface area contributed by atoms with Gasteiger partial charge < -0.3 is 4.98 Å². The molecule has 0 aliphatic rings. The lowest BCUT2D eigenvalue weighted by molar-refractivity contribution is 0.597. The van der Waals surface area contributed by atoms with Crippen molar-refractivity contribution in [2.75, 3.05) is 0 Å². The second-order valence-electron chi connectivity index (χ2n) is 5.97. The first kappa shape index (κ1) is 14.3. The van der Waals surface area contributed by atoms with Crippen LogP contribution in [0.4, 0.5) is 0 Å². The van der Waals surface area contributed by atoms with Gasteiger partial charge in [0.25, 0.3) is 5.56 Å². The lowest BCUT2D eigenvalue weighted by Gasteiger charge is -2.17. The van der Waals surface area contributed by atoms with Crippen molar-refractivity contribution in [3.63, 3.8) is 0 Å². The summed E-state index contributed by atoms with van der Waals surface area (Å²) in [6, 6.07) is 7.37. The van der Waals surface area contributed by atoms with Gasteiger partial charge in [-0.15, -0.1) is 11.3 Å². The molecule has 3 rings (SSSR count). The van der Waals surface area contributed by atoms with Crippen LogP contribution in [0.1, 0.15) is 26.3 Å². The molecule has 3 aromatic rings. The van der Waals surface area contributed by atoms with Crippen LogP contribution in [0, 0.1) is 0 Å². The van der Waals surface area contributed by atoms with Crippen LogP contribution in [0.15, 0.2) is 34.4 Å². The molecule has 1 N–H and O–H groups in total. The predicted molar refractivity (Wildman–Crippen MR) is 89.4 cm³/mol. The fourth-order valence-electron chi connectivity index (χ4n) is 2.28. The molecule has 0 radical (unpaired) electrons. The SMILES string of the molecule is CC(C)(C)c1csc2nc(-c3ccccc3Cl)[nH]c(=O)c12. The van der Waals surface area contributed by atoms with Gasteiger partial charge in [-0.05, 0) is 28.5 Å². The standard InChI is InChI=1S/C16H15ClN2OS/c1-16(2,3)10-8-21-15-12(10)14(20)18-13(19-15)9-6-4-5-7-11(9)17/h4-8H,1-3H3,(H,18,19,20). The number of nitrogens with zero attached hydrogens (tertiary/aromatic N) is 1. The van der Waals surface area contributed by atoms with Gasteiger partial charge in [-0.1, -0.05) is 44.5 Å². The molecule has 21 heavy (non-hydrogen) atoms. The largest absolute Gasteiger partial charge is 0.306 e. The second-order valence-corrected chi connectivity index (χ2v) is 7.24.